The van der Waals surface area contributed by atoms with Crippen molar-refractivity contribution >= 4 is 11.8 Å². The Morgan fingerprint density at radius 1 is 1.05 bits per heavy atom. The third kappa shape index (κ3) is 3.04. The summed E-state index contributed by atoms with van der Waals surface area (Å²) in [6.07, 6.45) is 4.68. The van der Waals surface area contributed by atoms with Crippen LogP contribution in [0.5, 0.6) is 0 Å². The van der Waals surface area contributed by atoms with Gasteiger partial charge in [0, 0.05) is 0 Å². The summed E-state index contributed by atoms with van der Waals surface area (Å²) in [6.45, 7) is 4.15. The van der Waals surface area contributed by atoms with Crippen LogP contribution in [0.25, 0.3) is 0 Å². The quantitative estimate of drug-likeness (QED) is 0.792. The molecular formula is C15H20N4S. The molecule has 0 saturated carbocycles. The summed E-state index contributed by atoms with van der Waals surface area (Å²) in [7, 11) is 0. The molecule has 2 heterocycles. The van der Waals surface area contributed by atoms with E-state index in [9.17, 15) is 0 Å². The van der Waals surface area contributed by atoms with E-state index in [1.807, 2.05) is 0 Å². The maximum absolute atomic E-state index is 4.40. The molecule has 0 unspecified atom stereocenters. The van der Waals surface area contributed by atoms with Crippen LogP contribution in [-0.4, -0.2) is 39.0 Å². The Morgan fingerprint density at radius 2 is 1.80 bits per heavy atom. The van der Waals surface area contributed by atoms with Crippen molar-refractivity contribution in [3.8, 4) is 0 Å². The minimum atomic E-state index is 0.854. The molecule has 0 atom stereocenters. The summed E-state index contributed by atoms with van der Waals surface area (Å²) in [5, 5.41) is 9.72. The van der Waals surface area contributed by atoms with Gasteiger partial charge in [0.05, 0.1) is 13.1 Å². The number of likely N-dealkylation sites (tertiary alicyclic amines) is 1. The van der Waals surface area contributed by atoms with Gasteiger partial charge in [0.25, 0.3) is 0 Å². The Labute approximate surface area is 124 Å². The van der Waals surface area contributed by atoms with Crippen LogP contribution in [0.1, 0.15) is 24.2 Å². The van der Waals surface area contributed by atoms with Crippen molar-refractivity contribution in [3.05, 3.63) is 41.7 Å². The minimum Gasteiger partial charge on any atom is -0.300 e. The molecule has 0 amide bonds. The van der Waals surface area contributed by atoms with Crippen molar-refractivity contribution in [3.63, 3.8) is 0 Å². The van der Waals surface area contributed by atoms with Crippen molar-refractivity contribution in [2.75, 3.05) is 19.3 Å². The first-order valence-electron chi connectivity index (χ1n) is 7.09. The lowest BCUT2D eigenvalue weighted by molar-refractivity contribution is 0.316. The molecule has 1 saturated heterocycles. The van der Waals surface area contributed by atoms with E-state index in [-0.39, 0.29) is 0 Å². The zero-order valence-electron chi connectivity index (χ0n) is 11.8. The molecule has 0 spiro atoms. The fourth-order valence-corrected chi connectivity index (χ4v) is 3.17. The van der Waals surface area contributed by atoms with Gasteiger partial charge in [-0.2, -0.15) is 0 Å². The Bertz CT molecular complexity index is 546. The van der Waals surface area contributed by atoms with Crippen LogP contribution < -0.4 is 0 Å². The Kier molecular flexibility index (Phi) is 4.38. The SMILES string of the molecule is CSc1nnc(CN2CCCC2)n1Cc1ccccc1. The molecule has 0 aliphatic carbocycles. The molecule has 4 nitrogen and oxygen atoms in total. The van der Waals surface area contributed by atoms with Gasteiger partial charge in [0.2, 0.25) is 0 Å². The molecule has 20 heavy (non-hydrogen) atoms. The van der Waals surface area contributed by atoms with Gasteiger partial charge in [-0.15, -0.1) is 10.2 Å². The number of nitrogens with zero attached hydrogens (tertiary/aromatic N) is 4. The summed E-state index contributed by atoms with van der Waals surface area (Å²) in [6, 6.07) is 10.5. The molecule has 1 aromatic carbocycles. The molecule has 2 aromatic rings. The van der Waals surface area contributed by atoms with E-state index in [4.69, 9.17) is 0 Å². The van der Waals surface area contributed by atoms with Crippen molar-refractivity contribution in [2.24, 2.45) is 0 Å². The van der Waals surface area contributed by atoms with Crippen molar-refractivity contribution in [1.82, 2.24) is 19.7 Å². The van der Waals surface area contributed by atoms with Crippen LogP contribution in [0, 0.1) is 0 Å². The predicted molar refractivity (Wildman–Crippen MR) is 81.9 cm³/mol. The highest BCUT2D eigenvalue weighted by molar-refractivity contribution is 7.98. The van der Waals surface area contributed by atoms with Gasteiger partial charge in [0.1, 0.15) is 5.82 Å². The third-order valence-corrected chi connectivity index (χ3v) is 4.39. The molecular weight excluding hydrogens is 268 g/mol. The first kappa shape index (κ1) is 13.6. The molecule has 1 aliphatic heterocycles. The second kappa shape index (κ2) is 6.41. The Morgan fingerprint density at radius 3 is 2.50 bits per heavy atom. The summed E-state index contributed by atoms with van der Waals surface area (Å²) in [5.41, 5.74) is 1.30. The van der Waals surface area contributed by atoms with E-state index in [0.29, 0.717) is 0 Å². The molecule has 1 aliphatic rings. The number of thioether (sulfide) groups is 1. The summed E-state index contributed by atoms with van der Waals surface area (Å²) >= 11 is 1.66. The third-order valence-electron chi connectivity index (χ3n) is 3.72. The first-order chi connectivity index (χ1) is 9.86. The molecule has 0 radical (unpaired) electrons. The van der Waals surface area contributed by atoms with Crippen LogP contribution >= 0.6 is 11.8 Å². The molecule has 106 valence electrons. The fourth-order valence-electron chi connectivity index (χ4n) is 2.65. The van der Waals surface area contributed by atoms with Gasteiger partial charge in [0.15, 0.2) is 5.16 Å². The van der Waals surface area contributed by atoms with E-state index in [1.165, 1.54) is 31.5 Å². The zero-order chi connectivity index (χ0) is 13.8. The van der Waals surface area contributed by atoms with E-state index in [1.54, 1.807) is 11.8 Å². The largest absolute Gasteiger partial charge is 0.300 e. The Hall–Kier alpha value is -1.33. The fraction of sp³-hybridized carbons (Fsp3) is 0.467. The summed E-state index contributed by atoms with van der Waals surface area (Å²) in [5.74, 6) is 1.08. The summed E-state index contributed by atoms with van der Waals surface area (Å²) in [4.78, 5) is 2.47. The van der Waals surface area contributed by atoms with Crippen LogP contribution in [0.4, 0.5) is 0 Å². The number of rotatable bonds is 5. The average Bonchev–Trinajstić information content (AvgIpc) is 3.11. The van der Waals surface area contributed by atoms with E-state index >= 15 is 0 Å². The number of aromatic nitrogens is 3. The second-order valence-corrected chi connectivity index (χ2v) is 5.93. The second-order valence-electron chi connectivity index (χ2n) is 5.16. The number of benzene rings is 1. The van der Waals surface area contributed by atoms with Crippen molar-refractivity contribution in [2.45, 2.75) is 31.1 Å². The average molecular weight is 288 g/mol. The zero-order valence-corrected chi connectivity index (χ0v) is 12.6. The lowest BCUT2D eigenvalue weighted by Crippen LogP contribution is -2.21. The molecule has 3 rings (SSSR count). The van der Waals surface area contributed by atoms with E-state index in [2.05, 4.69) is 56.3 Å². The maximum Gasteiger partial charge on any atom is 0.191 e. The smallest absolute Gasteiger partial charge is 0.191 e. The molecule has 0 bridgehead atoms. The highest BCUT2D eigenvalue weighted by Gasteiger charge is 2.17. The molecule has 5 heteroatoms. The van der Waals surface area contributed by atoms with Crippen molar-refractivity contribution < 1.29 is 0 Å². The lowest BCUT2D eigenvalue weighted by atomic mass is 10.2. The number of hydrogen-bond acceptors (Lipinski definition) is 4. The van der Waals surface area contributed by atoms with Crippen LogP contribution in [0.15, 0.2) is 35.5 Å². The van der Waals surface area contributed by atoms with Gasteiger partial charge in [-0.05, 0) is 37.8 Å². The van der Waals surface area contributed by atoms with Gasteiger partial charge < -0.3 is 4.57 Å². The van der Waals surface area contributed by atoms with Crippen LogP contribution in [-0.2, 0) is 13.1 Å². The first-order valence-corrected chi connectivity index (χ1v) is 8.31. The highest BCUT2D eigenvalue weighted by Crippen LogP contribution is 2.18. The standard InChI is InChI=1S/C15H20N4S/c1-20-15-17-16-14(12-18-9-5-6-10-18)19(15)11-13-7-3-2-4-8-13/h2-4,7-8H,5-6,9-12H2,1H3. The van der Waals surface area contributed by atoms with Crippen LogP contribution in [0.3, 0.4) is 0 Å². The maximum atomic E-state index is 4.40. The van der Waals surface area contributed by atoms with Gasteiger partial charge in [-0.3, -0.25) is 4.90 Å². The number of hydrogen-bond donors (Lipinski definition) is 0. The van der Waals surface area contributed by atoms with Gasteiger partial charge >= 0.3 is 0 Å². The monoisotopic (exact) mass is 288 g/mol. The van der Waals surface area contributed by atoms with E-state index in [0.717, 1.165) is 24.1 Å². The van der Waals surface area contributed by atoms with Crippen molar-refractivity contribution in [1.29, 1.82) is 0 Å². The van der Waals surface area contributed by atoms with Gasteiger partial charge in [-0.25, -0.2) is 0 Å². The normalized spacial score (nSPS) is 15.8. The van der Waals surface area contributed by atoms with Crippen LogP contribution in [0.2, 0.25) is 0 Å². The Balaban J connectivity index is 1.81. The molecule has 1 fully saturated rings. The van der Waals surface area contributed by atoms with E-state index < -0.39 is 0 Å². The highest BCUT2D eigenvalue weighted by atomic mass is 32.2. The summed E-state index contributed by atoms with van der Waals surface area (Å²) < 4.78 is 2.25. The molecule has 0 N–H and O–H groups in total. The topological polar surface area (TPSA) is 34.0 Å². The predicted octanol–water partition coefficient (Wildman–Crippen LogP) is 2.64. The molecule has 1 aromatic heterocycles. The lowest BCUT2D eigenvalue weighted by Gasteiger charge is -2.15. The van der Waals surface area contributed by atoms with Gasteiger partial charge in [-0.1, -0.05) is 42.1 Å². The minimum absolute atomic E-state index is 0.854.